The topological polar surface area (TPSA) is 59.1 Å². The predicted octanol–water partition coefficient (Wildman–Crippen LogP) is 4.14. The third-order valence-corrected chi connectivity index (χ3v) is 3.42. The lowest BCUT2D eigenvalue weighted by Gasteiger charge is -2.10. The van der Waals surface area contributed by atoms with E-state index < -0.39 is 0 Å². The van der Waals surface area contributed by atoms with Gasteiger partial charge in [0.25, 0.3) is 0 Å². The molecule has 0 heterocycles. The van der Waals surface area contributed by atoms with Crippen molar-refractivity contribution in [2.75, 3.05) is 0 Å². The molecule has 0 saturated carbocycles. The van der Waals surface area contributed by atoms with Crippen LogP contribution in [-0.4, -0.2) is 5.84 Å². The lowest BCUT2D eigenvalue weighted by atomic mass is 10.1. The predicted molar refractivity (Wildman–Crippen MR) is 81.1 cm³/mol. The second-order valence-electron chi connectivity index (χ2n) is 4.43. The van der Waals surface area contributed by atoms with Gasteiger partial charge < -0.3 is 10.5 Å². The zero-order valence-corrected chi connectivity index (χ0v) is 12.4. The van der Waals surface area contributed by atoms with E-state index in [0.717, 1.165) is 27.1 Å². The Balaban J connectivity index is 2.29. The summed E-state index contributed by atoms with van der Waals surface area (Å²) in [5.41, 5.74) is 8.32. The molecule has 19 heavy (non-hydrogen) atoms. The normalized spacial score (nSPS) is 10.3. The van der Waals surface area contributed by atoms with Gasteiger partial charge in [0.05, 0.1) is 4.47 Å². The van der Waals surface area contributed by atoms with Crippen LogP contribution in [-0.2, 0) is 0 Å². The third kappa shape index (κ3) is 3.15. The Hall–Kier alpha value is -1.81. The average Bonchev–Trinajstić information content (AvgIpc) is 2.32. The summed E-state index contributed by atoms with van der Waals surface area (Å²) in [5, 5.41) is 7.46. The maximum Gasteiger partial charge on any atom is 0.141 e. The minimum absolute atomic E-state index is 0.0700. The number of rotatable bonds is 3. The van der Waals surface area contributed by atoms with Crippen LogP contribution in [0.2, 0.25) is 0 Å². The molecule has 2 aromatic rings. The Kier molecular flexibility index (Phi) is 3.90. The summed E-state index contributed by atoms with van der Waals surface area (Å²) < 4.78 is 6.74. The van der Waals surface area contributed by atoms with Crippen LogP contribution in [0.25, 0.3) is 0 Å². The molecule has 0 atom stereocenters. The van der Waals surface area contributed by atoms with Crippen LogP contribution < -0.4 is 10.5 Å². The molecule has 0 unspecified atom stereocenters. The van der Waals surface area contributed by atoms with Crippen molar-refractivity contribution < 1.29 is 4.74 Å². The highest BCUT2D eigenvalue weighted by atomic mass is 79.9. The van der Waals surface area contributed by atoms with Crippen molar-refractivity contribution >= 4 is 21.8 Å². The van der Waals surface area contributed by atoms with Gasteiger partial charge in [0, 0.05) is 5.56 Å². The SMILES string of the molecule is Cc1ccc(Oc2ccc(C(=N)N)c(C)c2)c(Br)c1. The van der Waals surface area contributed by atoms with E-state index in [4.69, 9.17) is 15.9 Å². The number of nitrogens with two attached hydrogens (primary N) is 1. The number of nitrogen functional groups attached to an aromatic ring is 1. The highest BCUT2D eigenvalue weighted by molar-refractivity contribution is 9.10. The van der Waals surface area contributed by atoms with Gasteiger partial charge in [-0.2, -0.15) is 0 Å². The Morgan fingerprint density at radius 1 is 1.16 bits per heavy atom. The summed E-state index contributed by atoms with van der Waals surface area (Å²) in [4.78, 5) is 0. The number of ether oxygens (including phenoxy) is 1. The first-order valence-corrected chi connectivity index (χ1v) is 6.65. The quantitative estimate of drug-likeness (QED) is 0.660. The highest BCUT2D eigenvalue weighted by Crippen LogP contribution is 2.31. The summed E-state index contributed by atoms with van der Waals surface area (Å²) in [6.45, 7) is 3.94. The Morgan fingerprint density at radius 2 is 1.89 bits per heavy atom. The van der Waals surface area contributed by atoms with Gasteiger partial charge in [0.1, 0.15) is 17.3 Å². The molecule has 2 aromatic carbocycles. The molecule has 3 N–H and O–H groups in total. The second kappa shape index (κ2) is 5.45. The molecule has 3 nitrogen and oxygen atoms in total. The number of aryl methyl sites for hydroxylation is 2. The van der Waals surface area contributed by atoms with Gasteiger partial charge in [-0.15, -0.1) is 0 Å². The molecule has 0 amide bonds. The molecule has 0 fully saturated rings. The van der Waals surface area contributed by atoms with E-state index >= 15 is 0 Å². The maximum atomic E-state index is 7.46. The van der Waals surface area contributed by atoms with E-state index in [2.05, 4.69) is 15.9 Å². The van der Waals surface area contributed by atoms with Gasteiger partial charge in [-0.1, -0.05) is 6.07 Å². The molecule has 0 radical (unpaired) electrons. The first-order chi connectivity index (χ1) is 8.97. The minimum Gasteiger partial charge on any atom is -0.456 e. The van der Waals surface area contributed by atoms with Crippen LogP contribution in [0.1, 0.15) is 16.7 Å². The third-order valence-electron chi connectivity index (χ3n) is 2.80. The summed E-state index contributed by atoms with van der Waals surface area (Å²) >= 11 is 3.48. The fraction of sp³-hybridized carbons (Fsp3) is 0.133. The molecule has 0 aliphatic rings. The molecule has 0 aliphatic heterocycles. The lowest BCUT2D eigenvalue weighted by Crippen LogP contribution is -2.12. The van der Waals surface area contributed by atoms with E-state index in [1.165, 1.54) is 5.56 Å². The van der Waals surface area contributed by atoms with E-state index in [9.17, 15) is 0 Å². The van der Waals surface area contributed by atoms with Crippen LogP contribution >= 0.6 is 15.9 Å². The maximum absolute atomic E-state index is 7.46. The Labute approximate surface area is 121 Å². The van der Waals surface area contributed by atoms with Crippen molar-refractivity contribution in [3.8, 4) is 11.5 Å². The molecule has 4 heteroatoms. The fourth-order valence-electron chi connectivity index (χ4n) is 1.82. The molecule has 0 aliphatic carbocycles. The van der Waals surface area contributed by atoms with E-state index in [1.54, 1.807) is 6.07 Å². The highest BCUT2D eigenvalue weighted by Gasteiger charge is 2.06. The number of amidine groups is 1. The summed E-state index contributed by atoms with van der Waals surface area (Å²) in [7, 11) is 0. The average molecular weight is 319 g/mol. The van der Waals surface area contributed by atoms with Gasteiger partial charge in [-0.3, -0.25) is 5.41 Å². The molecular weight excluding hydrogens is 304 g/mol. The first kappa shape index (κ1) is 13.6. The summed E-state index contributed by atoms with van der Waals surface area (Å²) in [6, 6.07) is 11.4. The smallest absolute Gasteiger partial charge is 0.141 e. The van der Waals surface area contributed by atoms with Gasteiger partial charge in [0.15, 0.2) is 0 Å². The fourth-order valence-corrected chi connectivity index (χ4v) is 2.39. The summed E-state index contributed by atoms with van der Waals surface area (Å²) in [5.74, 6) is 1.56. The largest absolute Gasteiger partial charge is 0.456 e. The number of hydrogen-bond acceptors (Lipinski definition) is 2. The van der Waals surface area contributed by atoms with Crippen LogP contribution in [0, 0.1) is 19.3 Å². The molecule has 0 bridgehead atoms. The molecule has 98 valence electrons. The standard InChI is InChI=1S/C15H15BrN2O/c1-9-3-6-14(13(16)7-9)19-11-4-5-12(15(17)18)10(2)8-11/h3-8H,1-2H3,(H3,17,18). The number of halogens is 1. The van der Waals surface area contributed by atoms with Crippen LogP contribution in [0.4, 0.5) is 0 Å². The van der Waals surface area contributed by atoms with Gasteiger partial charge >= 0.3 is 0 Å². The van der Waals surface area contributed by atoms with Crippen molar-refractivity contribution in [2.45, 2.75) is 13.8 Å². The zero-order chi connectivity index (χ0) is 14.0. The Bertz CT molecular complexity index is 638. The van der Waals surface area contributed by atoms with Crippen LogP contribution in [0.15, 0.2) is 40.9 Å². The van der Waals surface area contributed by atoms with E-state index in [-0.39, 0.29) is 5.84 Å². The number of benzene rings is 2. The van der Waals surface area contributed by atoms with Gasteiger partial charge in [0.2, 0.25) is 0 Å². The molecule has 0 saturated heterocycles. The molecule has 0 aromatic heterocycles. The van der Waals surface area contributed by atoms with Crippen LogP contribution in [0.5, 0.6) is 11.5 Å². The van der Waals surface area contributed by atoms with Crippen LogP contribution in [0.3, 0.4) is 0 Å². The van der Waals surface area contributed by atoms with Crippen molar-refractivity contribution in [1.82, 2.24) is 0 Å². The molecule has 0 spiro atoms. The summed E-state index contributed by atoms with van der Waals surface area (Å²) in [6.07, 6.45) is 0. The molecule has 2 rings (SSSR count). The first-order valence-electron chi connectivity index (χ1n) is 5.86. The monoisotopic (exact) mass is 318 g/mol. The Morgan fingerprint density at radius 3 is 2.47 bits per heavy atom. The number of hydrogen-bond donors (Lipinski definition) is 2. The van der Waals surface area contributed by atoms with E-state index in [1.807, 2.05) is 44.2 Å². The van der Waals surface area contributed by atoms with Crippen molar-refractivity contribution in [3.05, 3.63) is 57.6 Å². The lowest BCUT2D eigenvalue weighted by molar-refractivity contribution is 0.479. The van der Waals surface area contributed by atoms with Crippen molar-refractivity contribution in [2.24, 2.45) is 5.73 Å². The van der Waals surface area contributed by atoms with Gasteiger partial charge in [-0.05, 0) is 71.2 Å². The van der Waals surface area contributed by atoms with Crippen molar-refractivity contribution in [1.29, 1.82) is 5.41 Å². The second-order valence-corrected chi connectivity index (χ2v) is 5.28. The van der Waals surface area contributed by atoms with Crippen molar-refractivity contribution in [3.63, 3.8) is 0 Å². The molecular formula is C15H15BrN2O. The zero-order valence-electron chi connectivity index (χ0n) is 10.8. The van der Waals surface area contributed by atoms with Gasteiger partial charge in [-0.25, -0.2) is 0 Å². The number of nitrogens with one attached hydrogen (secondary N) is 1. The van der Waals surface area contributed by atoms with E-state index in [0.29, 0.717) is 0 Å². The minimum atomic E-state index is 0.0700.